The number of carbonyl (C=O) groups is 1. The molecule has 2 aliphatic rings. The van der Waals surface area contributed by atoms with E-state index in [0.29, 0.717) is 5.92 Å². The van der Waals surface area contributed by atoms with E-state index < -0.39 is 6.10 Å². The Labute approximate surface area is 145 Å². The van der Waals surface area contributed by atoms with E-state index in [-0.39, 0.29) is 18.6 Å². The molecule has 0 saturated heterocycles. The van der Waals surface area contributed by atoms with Crippen molar-refractivity contribution in [1.82, 2.24) is 10.6 Å². The van der Waals surface area contributed by atoms with Crippen LogP contribution in [0.3, 0.4) is 0 Å². The Hall–Kier alpha value is -1.85. The van der Waals surface area contributed by atoms with Crippen LogP contribution in [0.25, 0.3) is 0 Å². The first-order chi connectivity index (χ1) is 11.7. The second-order valence-corrected chi connectivity index (χ2v) is 7.50. The van der Waals surface area contributed by atoms with Crippen LogP contribution in [0, 0.1) is 0 Å². The van der Waals surface area contributed by atoms with Crippen molar-refractivity contribution in [2.75, 3.05) is 6.54 Å². The van der Waals surface area contributed by atoms with Gasteiger partial charge in [0.15, 0.2) is 0 Å². The zero-order valence-corrected chi connectivity index (χ0v) is 14.3. The fourth-order valence-electron chi connectivity index (χ4n) is 4.10. The van der Waals surface area contributed by atoms with Gasteiger partial charge in [-0.1, -0.05) is 18.2 Å². The largest absolute Gasteiger partial charge is 0.387 e. The molecule has 1 aromatic carbocycles. The zero-order chi connectivity index (χ0) is 16.5. The van der Waals surface area contributed by atoms with Crippen LogP contribution in [0.1, 0.15) is 59.6 Å². The molecule has 4 rings (SSSR count). The lowest BCUT2D eigenvalue weighted by molar-refractivity contribution is 0.173. The standard InChI is InChI=1S/C19H22N2O2S/c22-17(14-7-8-24-11-14)10-20-19(23)21-16-9-13-5-1-3-12-4-2-6-15(16)18(12)13/h2,4,6-8,11,13,16-17,22H,1,3,5,9-10H2,(H2,20,21,23). The molecule has 2 aliphatic carbocycles. The number of thiophene rings is 1. The van der Waals surface area contributed by atoms with E-state index in [9.17, 15) is 9.90 Å². The van der Waals surface area contributed by atoms with Gasteiger partial charge in [-0.15, -0.1) is 0 Å². The minimum Gasteiger partial charge on any atom is -0.387 e. The smallest absolute Gasteiger partial charge is 0.315 e. The summed E-state index contributed by atoms with van der Waals surface area (Å²) in [7, 11) is 0. The van der Waals surface area contributed by atoms with Crippen molar-refractivity contribution in [3.05, 3.63) is 57.3 Å². The number of urea groups is 1. The van der Waals surface area contributed by atoms with Crippen LogP contribution in [0.5, 0.6) is 0 Å². The molecule has 0 spiro atoms. The number of hydrogen-bond donors (Lipinski definition) is 3. The molecule has 0 fully saturated rings. The molecule has 3 unspecified atom stereocenters. The van der Waals surface area contributed by atoms with Gasteiger partial charge in [-0.05, 0) is 70.7 Å². The number of amides is 2. The summed E-state index contributed by atoms with van der Waals surface area (Å²) < 4.78 is 0. The highest BCUT2D eigenvalue weighted by molar-refractivity contribution is 7.07. The van der Waals surface area contributed by atoms with E-state index in [1.807, 2.05) is 16.8 Å². The summed E-state index contributed by atoms with van der Waals surface area (Å²) in [6.45, 7) is 0.228. The summed E-state index contributed by atoms with van der Waals surface area (Å²) in [4.78, 5) is 12.2. The highest BCUT2D eigenvalue weighted by atomic mass is 32.1. The van der Waals surface area contributed by atoms with Gasteiger partial charge in [0.1, 0.15) is 0 Å². The predicted octanol–water partition coefficient (Wildman–Crippen LogP) is 3.65. The SMILES string of the molecule is O=C(NCC(O)c1ccsc1)NC1CC2CCCc3cccc1c32. The van der Waals surface area contributed by atoms with E-state index in [1.54, 1.807) is 11.3 Å². The maximum atomic E-state index is 12.2. The van der Waals surface area contributed by atoms with Crippen LogP contribution in [-0.2, 0) is 6.42 Å². The lowest BCUT2D eigenvalue weighted by Crippen LogP contribution is -2.39. The lowest BCUT2D eigenvalue weighted by Gasteiger charge is -2.20. The number of carbonyl (C=O) groups excluding carboxylic acids is 1. The van der Waals surface area contributed by atoms with Crippen LogP contribution < -0.4 is 10.6 Å². The third kappa shape index (κ3) is 2.94. The molecule has 4 nitrogen and oxygen atoms in total. The topological polar surface area (TPSA) is 61.4 Å². The molecule has 0 radical (unpaired) electrons. The number of aryl methyl sites for hydroxylation is 1. The van der Waals surface area contributed by atoms with Crippen LogP contribution >= 0.6 is 11.3 Å². The first-order valence-electron chi connectivity index (χ1n) is 8.58. The monoisotopic (exact) mass is 342 g/mol. The third-order valence-electron chi connectivity index (χ3n) is 5.22. The van der Waals surface area contributed by atoms with Gasteiger partial charge in [0, 0.05) is 6.54 Å². The van der Waals surface area contributed by atoms with Gasteiger partial charge in [-0.3, -0.25) is 0 Å². The summed E-state index contributed by atoms with van der Waals surface area (Å²) in [6.07, 6.45) is 3.96. The van der Waals surface area contributed by atoms with Crippen LogP contribution in [-0.4, -0.2) is 17.7 Å². The van der Waals surface area contributed by atoms with E-state index >= 15 is 0 Å². The summed E-state index contributed by atoms with van der Waals surface area (Å²) in [6, 6.07) is 8.24. The van der Waals surface area contributed by atoms with Crippen molar-refractivity contribution in [1.29, 1.82) is 0 Å². The summed E-state index contributed by atoms with van der Waals surface area (Å²) in [5.74, 6) is 0.589. The molecule has 0 bridgehead atoms. The van der Waals surface area contributed by atoms with Gasteiger partial charge in [0.05, 0.1) is 12.1 Å². The normalized spacial score (nSPS) is 22.7. The van der Waals surface area contributed by atoms with Gasteiger partial charge in [0.2, 0.25) is 0 Å². The number of rotatable bonds is 4. The Morgan fingerprint density at radius 3 is 3.12 bits per heavy atom. The highest BCUT2D eigenvalue weighted by Gasteiger charge is 2.35. The van der Waals surface area contributed by atoms with Crippen molar-refractivity contribution in [3.8, 4) is 0 Å². The average Bonchev–Trinajstić information content (AvgIpc) is 3.24. The van der Waals surface area contributed by atoms with E-state index in [1.165, 1.54) is 29.5 Å². The molecule has 1 heterocycles. The summed E-state index contributed by atoms with van der Waals surface area (Å²) in [5, 5.41) is 19.8. The van der Waals surface area contributed by atoms with Crippen molar-refractivity contribution >= 4 is 17.4 Å². The number of hydrogen-bond acceptors (Lipinski definition) is 3. The summed E-state index contributed by atoms with van der Waals surface area (Å²) in [5.41, 5.74) is 5.07. The number of aliphatic hydroxyl groups is 1. The summed E-state index contributed by atoms with van der Waals surface area (Å²) >= 11 is 1.54. The Kier molecular flexibility index (Phi) is 4.29. The first-order valence-corrected chi connectivity index (χ1v) is 9.53. The molecule has 3 N–H and O–H groups in total. The molecule has 5 heteroatoms. The molecule has 24 heavy (non-hydrogen) atoms. The molecule has 3 atom stereocenters. The van der Waals surface area contributed by atoms with Crippen molar-refractivity contribution in [2.24, 2.45) is 0 Å². The first kappa shape index (κ1) is 15.7. The van der Waals surface area contributed by atoms with E-state index in [4.69, 9.17) is 0 Å². The number of nitrogens with one attached hydrogen (secondary N) is 2. The van der Waals surface area contributed by atoms with Crippen molar-refractivity contribution in [3.63, 3.8) is 0 Å². The number of aliphatic hydroxyl groups excluding tert-OH is 1. The zero-order valence-electron chi connectivity index (χ0n) is 13.5. The minimum absolute atomic E-state index is 0.0846. The maximum absolute atomic E-state index is 12.2. The van der Waals surface area contributed by atoms with Crippen molar-refractivity contribution in [2.45, 2.75) is 43.7 Å². The molecule has 126 valence electrons. The van der Waals surface area contributed by atoms with Gasteiger partial charge in [-0.2, -0.15) is 11.3 Å². The second-order valence-electron chi connectivity index (χ2n) is 6.72. The van der Waals surface area contributed by atoms with Gasteiger partial charge < -0.3 is 15.7 Å². The molecule has 2 aromatic rings. The van der Waals surface area contributed by atoms with E-state index in [2.05, 4.69) is 28.8 Å². The fraction of sp³-hybridized carbons (Fsp3) is 0.421. The molecule has 0 aliphatic heterocycles. The van der Waals surface area contributed by atoms with Crippen LogP contribution in [0.4, 0.5) is 4.79 Å². The minimum atomic E-state index is -0.653. The predicted molar refractivity (Wildman–Crippen MR) is 95.3 cm³/mol. The Bertz CT molecular complexity index is 729. The second kappa shape index (κ2) is 6.57. The lowest BCUT2D eigenvalue weighted by atomic mass is 9.84. The van der Waals surface area contributed by atoms with Gasteiger partial charge >= 0.3 is 6.03 Å². The van der Waals surface area contributed by atoms with Gasteiger partial charge in [0.25, 0.3) is 0 Å². The quantitative estimate of drug-likeness (QED) is 0.794. The molecule has 1 aromatic heterocycles. The molecular weight excluding hydrogens is 320 g/mol. The van der Waals surface area contributed by atoms with Gasteiger partial charge in [-0.25, -0.2) is 4.79 Å². The van der Waals surface area contributed by atoms with Crippen molar-refractivity contribution < 1.29 is 9.90 Å². The number of benzene rings is 1. The molecular formula is C19H22N2O2S. The Balaban J connectivity index is 1.38. The van der Waals surface area contributed by atoms with E-state index in [0.717, 1.165) is 18.4 Å². The Morgan fingerprint density at radius 2 is 2.29 bits per heavy atom. The average molecular weight is 342 g/mol. The van der Waals surface area contributed by atoms with Crippen LogP contribution in [0.15, 0.2) is 35.0 Å². The highest BCUT2D eigenvalue weighted by Crippen LogP contribution is 2.47. The molecule has 2 amide bonds. The maximum Gasteiger partial charge on any atom is 0.315 e. The molecule has 0 saturated carbocycles. The fourth-order valence-corrected chi connectivity index (χ4v) is 4.81. The van der Waals surface area contributed by atoms with Crippen LogP contribution in [0.2, 0.25) is 0 Å². The Morgan fingerprint density at radius 1 is 1.38 bits per heavy atom. The third-order valence-corrected chi connectivity index (χ3v) is 5.92.